The zero-order chi connectivity index (χ0) is 26.9. The number of aromatic nitrogens is 2. The molecule has 38 heavy (non-hydrogen) atoms. The minimum atomic E-state index is -3.96. The van der Waals surface area contributed by atoms with Crippen LogP contribution in [0.1, 0.15) is 35.7 Å². The number of hydrogen-bond donors (Lipinski definition) is 0. The highest BCUT2D eigenvalue weighted by atomic mass is 35.5. The Labute approximate surface area is 227 Å². The molecule has 0 saturated carbocycles. The lowest BCUT2D eigenvalue weighted by Gasteiger charge is -2.37. The van der Waals surface area contributed by atoms with Crippen LogP contribution in [0.25, 0.3) is 0 Å². The lowest BCUT2D eigenvalue weighted by atomic mass is 10.1. The van der Waals surface area contributed by atoms with E-state index in [0.717, 1.165) is 12.1 Å². The van der Waals surface area contributed by atoms with Crippen molar-refractivity contribution >= 4 is 33.3 Å². The number of aryl methyl sites for hydroxylation is 1. The molecule has 198 valence electrons. The molecule has 1 saturated heterocycles. The summed E-state index contributed by atoms with van der Waals surface area (Å²) in [6.07, 6.45) is 4.33. The Morgan fingerprint density at radius 1 is 1.08 bits per heavy atom. The molecule has 0 bridgehead atoms. The summed E-state index contributed by atoms with van der Waals surface area (Å²) >= 11 is 6.38. The van der Waals surface area contributed by atoms with E-state index < -0.39 is 16.1 Å². The molecule has 11 heteroatoms. The van der Waals surface area contributed by atoms with Crippen molar-refractivity contribution < 1.29 is 13.2 Å². The molecule has 2 aliphatic rings. The first-order valence-electron chi connectivity index (χ1n) is 12.6. The van der Waals surface area contributed by atoms with Gasteiger partial charge < -0.3 is 14.4 Å². The van der Waals surface area contributed by atoms with Crippen molar-refractivity contribution in [3.05, 3.63) is 76.7 Å². The van der Waals surface area contributed by atoms with E-state index in [4.69, 9.17) is 11.6 Å². The highest BCUT2D eigenvalue weighted by Crippen LogP contribution is 2.37. The monoisotopic (exact) mass is 552 g/mol. The van der Waals surface area contributed by atoms with Crippen LogP contribution >= 0.6 is 11.6 Å². The smallest absolute Gasteiger partial charge is 0.245 e. The van der Waals surface area contributed by atoms with E-state index >= 15 is 0 Å². The number of nitrogens with zero attached hydrogens (tertiary/aromatic N) is 6. The molecule has 5 rings (SSSR count). The van der Waals surface area contributed by atoms with Gasteiger partial charge in [0.05, 0.1) is 16.6 Å². The number of sulfonamides is 1. The Morgan fingerprint density at radius 3 is 2.71 bits per heavy atom. The highest BCUT2D eigenvalue weighted by molar-refractivity contribution is 7.89. The Bertz CT molecular complexity index is 1480. The highest BCUT2D eigenvalue weighted by Gasteiger charge is 2.40. The first-order valence-corrected chi connectivity index (χ1v) is 14.4. The van der Waals surface area contributed by atoms with Crippen molar-refractivity contribution in [3.63, 3.8) is 0 Å². The lowest BCUT2D eigenvalue weighted by molar-refractivity contribution is -0.132. The SMILES string of the molecule is Cc1cccc(Cl)c1S(=O)(=O)N1CCn2cccc2C1CC(=O)N1CCCN(c2ncccc2C#N)CC1. The molecule has 4 heterocycles. The predicted octanol–water partition coefficient (Wildman–Crippen LogP) is 3.59. The number of fused-ring (bicyclic) bond motifs is 1. The molecule has 0 N–H and O–H groups in total. The van der Waals surface area contributed by atoms with Crippen molar-refractivity contribution in [2.75, 3.05) is 37.6 Å². The van der Waals surface area contributed by atoms with Gasteiger partial charge in [0.15, 0.2) is 0 Å². The van der Waals surface area contributed by atoms with Gasteiger partial charge in [-0.25, -0.2) is 13.4 Å². The van der Waals surface area contributed by atoms with Crippen LogP contribution in [-0.2, 0) is 21.4 Å². The average Bonchev–Trinajstić information content (AvgIpc) is 3.25. The Balaban J connectivity index is 1.38. The maximum Gasteiger partial charge on any atom is 0.245 e. The quantitative estimate of drug-likeness (QED) is 0.479. The third-order valence-electron chi connectivity index (χ3n) is 7.27. The van der Waals surface area contributed by atoms with Gasteiger partial charge in [-0.3, -0.25) is 4.79 Å². The molecule has 0 aliphatic carbocycles. The van der Waals surface area contributed by atoms with E-state index in [0.29, 0.717) is 49.7 Å². The molecule has 2 aliphatic heterocycles. The maximum atomic E-state index is 13.9. The zero-order valence-electron chi connectivity index (χ0n) is 21.1. The van der Waals surface area contributed by atoms with Crippen LogP contribution in [0.15, 0.2) is 59.8 Å². The molecule has 9 nitrogen and oxygen atoms in total. The van der Waals surface area contributed by atoms with Gasteiger partial charge in [0.25, 0.3) is 0 Å². The Kier molecular flexibility index (Phi) is 7.43. The molecule has 1 fully saturated rings. The van der Waals surface area contributed by atoms with Gasteiger partial charge in [0.2, 0.25) is 15.9 Å². The van der Waals surface area contributed by atoms with Gasteiger partial charge in [0, 0.05) is 63.8 Å². The minimum Gasteiger partial charge on any atom is -0.354 e. The summed E-state index contributed by atoms with van der Waals surface area (Å²) in [5.41, 5.74) is 1.87. The zero-order valence-corrected chi connectivity index (χ0v) is 22.7. The molecule has 0 radical (unpaired) electrons. The van der Waals surface area contributed by atoms with Crippen molar-refractivity contribution in [2.24, 2.45) is 0 Å². The van der Waals surface area contributed by atoms with Crippen LogP contribution in [0, 0.1) is 18.3 Å². The molecule has 1 atom stereocenters. The number of anilines is 1. The lowest BCUT2D eigenvalue weighted by Crippen LogP contribution is -2.45. The van der Waals surface area contributed by atoms with Crippen molar-refractivity contribution in [2.45, 2.75) is 37.2 Å². The molecule has 3 aromatic rings. The van der Waals surface area contributed by atoms with E-state index in [1.54, 1.807) is 48.4 Å². The summed E-state index contributed by atoms with van der Waals surface area (Å²) in [5.74, 6) is 0.519. The summed E-state index contributed by atoms with van der Waals surface area (Å²) in [6.45, 7) is 4.70. The van der Waals surface area contributed by atoms with E-state index in [9.17, 15) is 18.5 Å². The molecule has 1 unspecified atom stereocenters. The van der Waals surface area contributed by atoms with Crippen molar-refractivity contribution in [1.29, 1.82) is 5.26 Å². The molecular weight excluding hydrogens is 524 g/mol. The Hall–Kier alpha value is -3.39. The normalized spacial score (nSPS) is 18.5. The van der Waals surface area contributed by atoms with Gasteiger partial charge in [-0.15, -0.1) is 0 Å². The summed E-state index contributed by atoms with van der Waals surface area (Å²) in [5, 5.41) is 9.64. The van der Waals surface area contributed by atoms with Crippen LogP contribution in [0.4, 0.5) is 5.82 Å². The summed E-state index contributed by atoms with van der Waals surface area (Å²) in [7, 11) is -3.96. The summed E-state index contributed by atoms with van der Waals surface area (Å²) < 4.78 is 31.3. The number of hydrogen-bond acceptors (Lipinski definition) is 6. The van der Waals surface area contributed by atoms with E-state index in [-0.39, 0.29) is 28.8 Å². The predicted molar refractivity (Wildman–Crippen MR) is 144 cm³/mol. The van der Waals surface area contributed by atoms with Crippen LogP contribution in [0.3, 0.4) is 0 Å². The van der Waals surface area contributed by atoms with Crippen LogP contribution in [-0.4, -0.2) is 65.8 Å². The number of carbonyl (C=O) groups is 1. The van der Waals surface area contributed by atoms with Crippen LogP contribution < -0.4 is 4.90 Å². The first-order chi connectivity index (χ1) is 18.3. The number of benzene rings is 1. The minimum absolute atomic E-state index is 0.0276. The second-order valence-electron chi connectivity index (χ2n) is 9.56. The molecule has 2 aromatic heterocycles. The topological polar surface area (TPSA) is 103 Å². The van der Waals surface area contributed by atoms with Crippen LogP contribution in [0.5, 0.6) is 0 Å². The standard InChI is InChI=1S/C27H29ClN6O3S/c1-20-6-2-8-22(28)26(20)38(36,37)34-17-16-31-11-4-9-23(31)24(34)18-25(35)32-12-5-13-33(15-14-32)27-21(19-29)7-3-10-30-27/h2-4,6-11,24H,5,12-18H2,1H3. The third kappa shape index (κ3) is 4.89. The second-order valence-corrected chi connectivity index (χ2v) is 11.8. The third-order valence-corrected chi connectivity index (χ3v) is 9.81. The summed E-state index contributed by atoms with van der Waals surface area (Å²) in [6, 6.07) is 13.8. The molecule has 1 amide bonds. The fourth-order valence-corrected chi connectivity index (χ4v) is 7.78. The Morgan fingerprint density at radius 2 is 1.92 bits per heavy atom. The van der Waals surface area contributed by atoms with Crippen molar-refractivity contribution in [3.8, 4) is 6.07 Å². The fraction of sp³-hybridized carbons (Fsp3) is 0.370. The second kappa shape index (κ2) is 10.8. The van der Waals surface area contributed by atoms with Gasteiger partial charge in [-0.1, -0.05) is 23.7 Å². The van der Waals surface area contributed by atoms with Crippen LogP contribution in [0.2, 0.25) is 5.02 Å². The number of carbonyl (C=O) groups excluding carboxylic acids is 1. The number of rotatable bonds is 5. The van der Waals surface area contributed by atoms with Crippen molar-refractivity contribution in [1.82, 2.24) is 18.8 Å². The summed E-state index contributed by atoms with van der Waals surface area (Å²) in [4.78, 5) is 22.0. The molecular formula is C27H29ClN6O3S. The number of nitriles is 1. The van der Waals surface area contributed by atoms with Gasteiger partial charge in [-0.2, -0.15) is 9.57 Å². The largest absolute Gasteiger partial charge is 0.354 e. The fourth-order valence-electron chi connectivity index (χ4n) is 5.41. The average molecular weight is 553 g/mol. The van der Waals surface area contributed by atoms with Gasteiger partial charge in [-0.05, 0) is 49.2 Å². The first kappa shape index (κ1) is 26.2. The number of pyridine rings is 1. The van der Waals surface area contributed by atoms with Gasteiger partial charge in [0.1, 0.15) is 16.8 Å². The van der Waals surface area contributed by atoms with E-state index in [1.807, 2.05) is 27.8 Å². The molecule has 1 aromatic carbocycles. The molecule has 0 spiro atoms. The van der Waals surface area contributed by atoms with Gasteiger partial charge >= 0.3 is 0 Å². The van der Waals surface area contributed by atoms with E-state index in [1.165, 1.54) is 4.31 Å². The number of amides is 1. The maximum absolute atomic E-state index is 13.9. The van der Waals surface area contributed by atoms with E-state index in [2.05, 4.69) is 11.1 Å². The number of halogens is 1.